The summed E-state index contributed by atoms with van der Waals surface area (Å²) in [5.41, 5.74) is 2.69. The molecule has 1 amide bonds. The van der Waals surface area contributed by atoms with Crippen LogP contribution in [-0.4, -0.2) is 31.5 Å². The van der Waals surface area contributed by atoms with Crippen molar-refractivity contribution in [2.24, 2.45) is 5.10 Å². The summed E-state index contributed by atoms with van der Waals surface area (Å²) in [5.74, 6) is -0.613. The number of benzene rings is 1. The normalized spacial score (nSPS) is 12.0. The van der Waals surface area contributed by atoms with Crippen LogP contribution in [-0.2, 0) is 14.8 Å². The van der Waals surface area contributed by atoms with Gasteiger partial charge in [0.25, 0.3) is 11.6 Å². The summed E-state index contributed by atoms with van der Waals surface area (Å²) >= 11 is 0. The molecule has 120 valence electrons. The van der Waals surface area contributed by atoms with E-state index in [1.807, 2.05) is 6.92 Å². The van der Waals surface area contributed by atoms with Crippen LogP contribution in [0, 0.1) is 10.1 Å². The number of rotatable bonds is 7. The van der Waals surface area contributed by atoms with Gasteiger partial charge in [0.1, 0.15) is 0 Å². The highest BCUT2D eigenvalue weighted by Gasteiger charge is 2.16. The average Bonchev–Trinajstić information content (AvgIpc) is 2.50. The van der Waals surface area contributed by atoms with Crippen molar-refractivity contribution in [2.75, 3.05) is 6.54 Å². The molecule has 1 aromatic rings. The van der Waals surface area contributed by atoms with E-state index in [0.29, 0.717) is 12.1 Å². The number of hydrazone groups is 1. The summed E-state index contributed by atoms with van der Waals surface area (Å²) in [4.78, 5) is 21.2. The third kappa shape index (κ3) is 5.22. The molecule has 0 fully saturated rings. The number of nitrogens with one attached hydrogen (secondary N) is 2. The SMILES string of the molecule is CC/C(C)=N\NC(=O)CNS(=O)(=O)c1ccc([N+](=O)[O-])cc1. The Labute approximate surface area is 127 Å². The molecule has 0 aromatic heterocycles. The zero-order valence-electron chi connectivity index (χ0n) is 12.1. The molecule has 0 spiro atoms. The Bertz CT molecular complexity index is 682. The predicted molar refractivity (Wildman–Crippen MR) is 79.8 cm³/mol. The van der Waals surface area contributed by atoms with Crippen LogP contribution < -0.4 is 10.1 Å². The lowest BCUT2D eigenvalue weighted by Gasteiger charge is -2.06. The van der Waals surface area contributed by atoms with Gasteiger partial charge in [-0.15, -0.1) is 0 Å². The smallest absolute Gasteiger partial charge is 0.269 e. The Kier molecular flexibility index (Phi) is 6.13. The van der Waals surface area contributed by atoms with Gasteiger partial charge in [-0.05, 0) is 25.5 Å². The van der Waals surface area contributed by atoms with Crippen LogP contribution in [0.25, 0.3) is 0 Å². The lowest BCUT2D eigenvalue weighted by Crippen LogP contribution is -2.35. The van der Waals surface area contributed by atoms with Gasteiger partial charge in [0.2, 0.25) is 10.0 Å². The Hall–Kier alpha value is -2.33. The summed E-state index contributed by atoms with van der Waals surface area (Å²) in [7, 11) is -3.92. The number of hydrogen-bond donors (Lipinski definition) is 2. The maximum Gasteiger partial charge on any atom is 0.269 e. The van der Waals surface area contributed by atoms with E-state index in [0.717, 1.165) is 24.3 Å². The summed E-state index contributed by atoms with van der Waals surface area (Å²) in [6.07, 6.45) is 0.662. The predicted octanol–water partition coefficient (Wildman–Crippen LogP) is 0.775. The Morgan fingerprint density at radius 1 is 1.32 bits per heavy atom. The van der Waals surface area contributed by atoms with E-state index in [4.69, 9.17) is 0 Å². The lowest BCUT2D eigenvalue weighted by atomic mass is 10.3. The second-order valence-corrected chi connectivity index (χ2v) is 6.08. The number of nitrogens with zero attached hydrogens (tertiary/aromatic N) is 2. The number of hydrogen-bond acceptors (Lipinski definition) is 6. The first kappa shape index (κ1) is 17.7. The van der Waals surface area contributed by atoms with Gasteiger partial charge in [0, 0.05) is 17.8 Å². The van der Waals surface area contributed by atoms with E-state index in [9.17, 15) is 23.3 Å². The molecule has 0 aliphatic heterocycles. The van der Waals surface area contributed by atoms with Gasteiger partial charge in [0.15, 0.2) is 0 Å². The van der Waals surface area contributed by atoms with Crippen molar-refractivity contribution in [1.82, 2.24) is 10.1 Å². The van der Waals surface area contributed by atoms with Crippen LogP contribution in [0.15, 0.2) is 34.3 Å². The first-order chi connectivity index (χ1) is 10.3. The number of carbonyl (C=O) groups is 1. The molecule has 0 bridgehead atoms. The number of carbonyl (C=O) groups excluding carboxylic acids is 1. The second kappa shape index (κ2) is 7.61. The van der Waals surface area contributed by atoms with Crippen LogP contribution >= 0.6 is 0 Å². The number of non-ortho nitro benzene ring substituents is 1. The van der Waals surface area contributed by atoms with Crippen LogP contribution in [0.5, 0.6) is 0 Å². The van der Waals surface area contributed by atoms with Crippen LogP contribution in [0.4, 0.5) is 5.69 Å². The Morgan fingerprint density at radius 2 is 1.91 bits per heavy atom. The van der Waals surface area contributed by atoms with Crippen molar-refractivity contribution >= 4 is 27.3 Å². The van der Waals surface area contributed by atoms with E-state index in [-0.39, 0.29) is 10.6 Å². The van der Waals surface area contributed by atoms with E-state index < -0.39 is 27.4 Å². The van der Waals surface area contributed by atoms with Gasteiger partial charge in [-0.1, -0.05) is 6.92 Å². The summed E-state index contributed by atoms with van der Waals surface area (Å²) < 4.78 is 25.9. The number of sulfonamides is 1. The van der Waals surface area contributed by atoms with Gasteiger partial charge >= 0.3 is 0 Å². The van der Waals surface area contributed by atoms with Crippen molar-refractivity contribution in [3.8, 4) is 0 Å². The molecule has 9 nitrogen and oxygen atoms in total. The number of amides is 1. The van der Waals surface area contributed by atoms with Gasteiger partial charge < -0.3 is 0 Å². The van der Waals surface area contributed by atoms with Crippen molar-refractivity contribution in [3.63, 3.8) is 0 Å². The van der Waals surface area contributed by atoms with E-state index in [1.54, 1.807) is 6.92 Å². The second-order valence-electron chi connectivity index (χ2n) is 4.31. The van der Waals surface area contributed by atoms with Crippen molar-refractivity contribution < 1.29 is 18.1 Å². The van der Waals surface area contributed by atoms with Gasteiger partial charge in [-0.3, -0.25) is 14.9 Å². The van der Waals surface area contributed by atoms with Crippen LogP contribution in [0.2, 0.25) is 0 Å². The largest absolute Gasteiger partial charge is 0.272 e. The molecule has 0 aliphatic carbocycles. The topological polar surface area (TPSA) is 131 Å². The molecule has 0 aliphatic rings. The molecule has 0 saturated heterocycles. The molecule has 10 heteroatoms. The zero-order chi connectivity index (χ0) is 16.8. The molecule has 0 unspecified atom stereocenters. The Morgan fingerprint density at radius 3 is 2.41 bits per heavy atom. The lowest BCUT2D eigenvalue weighted by molar-refractivity contribution is -0.384. The van der Waals surface area contributed by atoms with E-state index in [1.165, 1.54) is 0 Å². The quantitative estimate of drug-likeness (QED) is 0.434. The molecule has 0 radical (unpaired) electrons. The van der Waals surface area contributed by atoms with Crippen LogP contribution in [0.1, 0.15) is 20.3 Å². The molecule has 2 N–H and O–H groups in total. The van der Waals surface area contributed by atoms with Gasteiger partial charge in [0.05, 0.1) is 16.4 Å². The fraction of sp³-hybridized carbons (Fsp3) is 0.333. The standard InChI is InChI=1S/C12H16N4O5S/c1-3-9(2)14-15-12(17)8-13-22(20,21)11-6-4-10(5-7-11)16(18)19/h4-7,13H,3,8H2,1-2H3,(H,15,17)/b14-9-. The zero-order valence-corrected chi connectivity index (χ0v) is 12.9. The molecule has 0 saturated carbocycles. The number of nitro groups is 1. The maximum atomic E-state index is 11.9. The van der Waals surface area contributed by atoms with Gasteiger partial charge in [-0.25, -0.2) is 18.6 Å². The molecular formula is C12H16N4O5S. The third-order valence-corrected chi connectivity index (χ3v) is 4.08. The van der Waals surface area contributed by atoms with Gasteiger partial charge in [-0.2, -0.15) is 5.10 Å². The molecule has 0 heterocycles. The highest BCUT2D eigenvalue weighted by atomic mass is 32.2. The van der Waals surface area contributed by atoms with E-state index >= 15 is 0 Å². The minimum Gasteiger partial charge on any atom is -0.272 e. The monoisotopic (exact) mass is 328 g/mol. The number of nitro benzene ring substituents is 1. The minimum atomic E-state index is -3.92. The minimum absolute atomic E-state index is 0.167. The molecule has 0 atom stereocenters. The molecule has 1 rings (SSSR count). The van der Waals surface area contributed by atoms with E-state index in [2.05, 4.69) is 15.2 Å². The highest BCUT2D eigenvalue weighted by molar-refractivity contribution is 7.89. The first-order valence-corrected chi connectivity index (χ1v) is 7.80. The average molecular weight is 328 g/mol. The van der Waals surface area contributed by atoms with Crippen molar-refractivity contribution in [3.05, 3.63) is 34.4 Å². The fourth-order valence-corrected chi connectivity index (χ4v) is 2.25. The Balaban J connectivity index is 2.68. The van der Waals surface area contributed by atoms with Crippen LogP contribution in [0.3, 0.4) is 0 Å². The fourth-order valence-electron chi connectivity index (χ4n) is 1.27. The highest BCUT2D eigenvalue weighted by Crippen LogP contribution is 2.15. The van der Waals surface area contributed by atoms with Crippen molar-refractivity contribution in [1.29, 1.82) is 0 Å². The molecule has 22 heavy (non-hydrogen) atoms. The molecular weight excluding hydrogens is 312 g/mol. The maximum absolute atomic E-state index is 11.9. The summed E-state index contributed by atoms with van der Waals surface area (Å²) in [6.45, 7) is 3.10. The first-order valence-electron chi connectivity index (χ1n) is 6.32. The summed E-state index contributed by atoms with van der Waals surface area (Å²) in [6, 6.07) is 4.34. The van der Waals surface area contributed by atoms with Crippen molar-refractivity contribution in [2.45, 2.75) is 25.2 Å². The summed E-state index contributed by atoms with van der Waals surface area (Å²) in [5, 5.41) is 14.3. The third-order valence-electron chi connectivity index (χ3n) is 2.66. The molecule has 1 aromatic carbocycles.